The monoisotopic (exact) mass is 403 g/mol. The summed E-state index contributed by atoms with van der Waals surface area (Å²) in [6.07, 6.45) is -0.0314. The SMILES string of the molecule is CCC(C)C(NC(=O)OC(C)(C)C)C(=O)Oc1ccc2c(C)c(C)c(=O)oc2c1. The van der Waals surface area contributed by atoms with E-state index in [1.165, 1.54) is 6.07 Å². The van der Waals surface area contributed by atoms with Crippen molar-refractivity contribution in [1.29, 1.82) is 0 Å². The molecule has 1 aromatic heterocycles. The zero-order valence-electron chi connectivity index (χ0n) is 18.0. The van der Waals surface area contributed by atoms with Crippen molar-refractivity contribution < 1.29 is 23.5 Å². The van der Waals surface area contributed by atoms with E-state index in [4.69, 9.17) is 13.9 Å². The fourth-order valence-corrected chi connectivity index (χ4v) is 2.78. The molecule has 0 fully saturated rings. The smallest absolute Gasteiger partial charge is 0.408 e. The van der Waals surface area contributed by atoms with Gasteiger partial charge in [-0.3, -0.25) is 0 Å². The first-order chi connectivity index (χ1) is 13.4. The van der Waals surface area contributed by atoms with E-state index in [2.05, 4.69) is 5.32 Å². The number of rotatable bonds is 5. The second-order valence-corrected chi connectivity index (χ2v) is 8.23. The lowest BCUT2D eigenvalue weighted by molar-refractivity contribution is -0.138. The van der Waals surface area contributed by atoms with Crippen LogP contribution in [-0.2, 0) is 9.53 Å². The number of carbonyl (C=O) groups excluding carboxylic acids is 2. The van der Waals surface area contributed by atoms with Gasteiger partial charge in [-0.05, 0) is 58.2 Å². The highest BCUT2D eigenvalue weighted by Crippen LogP contribution is 2.24. The van der Waals surface area contributed by atoms with Crippen LogP contribution in [0.3, 0.4) is 0 Å². The summed E-state index contributed by atoms with van der Waals surface area (Å²) >= 11 is 0. The minimum absolute atomic E-state index is 0.168. The second-order valence-electron chi connectivity index (χ2n) is 8.23. The zero-order chi connectivity index (χ0) is 21.9. The number of ether oxygens (including phenoxy) is 2. The maximum Gasteiger partial charge on any atom is 0.408 e. The summed E-state index contributed by atoms with van der Waals surface area (Å²) in [5.74, 6) is -0.553. The van der Waals surface area contributed by atoms with Crippen molar-refractivity contribution in [3.05, 3.63) is 39.7 Å². The van der Waals surface area contributed by atoms with E-state index in [-0.39, 0.29) is 11.7 Å². The summed E-state index contributed by atoms with van der Waals surface area (Å²) in [6.45, 7) is 12.5. The van der Waals surface area contributed by atoms with Gasteiger partial charge in [-0.1, -0.05) is 20.3 Å². The molecule has 0 aliphatic heterocycles. The third-order valence-corrected chi connectivity index (χ3v) is 4.79. The highest BCUT2D eigenvalue weighted by Gasteiger charge is 2.30. The molecule has 158 valence electrons. The minimum atomic E-state index is -0.877. The fourth-order valence-electron chi connectivity index (χ4n) is 2.78. The van der Waals surface area contributed by atoms with Gasteiger partial charge in [0, 0.05) is 17.0 Å². The van der Waals surface area contributed by atoms with Crippen molar-refractivity contribution >= 4 is 23.0 Å². The van der Waals surface area contributed by atoms with Gasteiger partial charge in [0.1, 0.15) is 23.0 Å². The number of aryl methyl sites for hydroxylation is 1. The lowest BCUT2D eigenvalue weighted by Crippen LogP contribution is -2.48. The van der Waals surface area contributed by atoms with E-state index in [1.807, 2.05) is 20.8 Å². The molecule has 0 saturated carbocycles. The summed E-state index contributed by atoms with van der Waals surface area (Å²) in [4.78, 5) is 36.8. The van der Waals surface area contributed by atoms with Crippen LogP contribution < -0.4 is 15.7 Å². The van der Waals surface area contributed by atoms with Crippen molar-refractivity contribution in [1.82, 2.24) is 5.32 Å². The van der Waals surface area contributed by atoms with E-state index in [0.717, 1.165) is 10.9 Å². The lowest BCUT2D eigenvalue weighted by Gasteiger charge is -2.25. The number of hydrogen-bond donors (Lipinski definition) is 1. The molecule has 2 aromatic rings. The van der Waals surface area contributed by atoms with Gasteiger partial charge in [-0.25, -0.2) is 14.4 Å². The Balaban J connectivity index is 2.25. The van der Waals surface area contributed by atoms with E-state index < -0.39 is 29.3 Å². The molecular weight excluding hydrogens is 374 g/mol. The molecule has 0 saturated heterocycles. The van der Waals surface area contributed by atoms with Gasteiger partial charge < -0.3 is 19.2 Å². The van der Waals surface area contributed by atoms with Gasteiger partial charge >= 0.3 is 17.7 Å². The molecule has 0 aliphatic carbocycles. The second kappa shape index (κ2) is 8.68. The van der Waals surface area contributed by atoms with Crippen molar-refractivity contribution in [3.63, 3.8) is 0 Å². The summed E-state index contributed by atoms with van der Waals surface area (Å²) in [6, 6.07) is 4.00. The van der Waals surface area contributed by atoms with Crippen LogP contribution in [0.15, 0.2) is 27.4 Å². The van der Waals surface area contributed by atoms with Crippen LogP contribution in [0.2, 0.25) is 0 Å². The van der Waals surface area contributed by atoms with E-state index in [1.54, 1.807) is 39.8 Å². The molecule has 0 aliphatic rings. The molecule has 1 heterocycles. The van der Waals surface area contributed by atoms with Crippen LogP contribution in [0.25, 0.3) is 11.0 Å². The largest absolute Gasteiger partial charge is 0.444 e. The topological polar surface area (TPSA) is 94.8 Å². The lowest BCUT2D eigenvalue weighted by atomic mass is 9.99. The molecular formula is C22H29NO6. The predicted octanol–water partition coefficient (Wildman–Crippen LogP) is 4.25. The molecule has 2 atom stereocenters. The molecule has 2 rings (SSSR count). The molecule has 1 N–H and O–H groups in total. The zero-order valence-corrected chi connectivity index (χ0v) is 18.0. The Labute approximate surface area is 170 Å². The molecule has 7 nitrogen and oxygen atoms in total. The van der Waals surface area contributed by atoms with Crippen LogP contribution in [0.4, 0.5) is 4.79 Å². The van der Waals surface area contributed by atoms with Crippen molar-refractivity contribution in [3.8, 4) is 5.75 Å². The first-order valence-electron chi connectivity index (χ1n) is 9.68. The Hall–Kier alpha value is -2.83. The minimum Gasteiger partial charge on any atom is -0.444 e. The molecule has 29 heavy (non-hydrogen) atoms. The number of hydrogen-bond acceptors (Lipinski definition) is 6. The normalized spacial score (nSPS) is 13.6. The van der Waals surface area contributed by atoms with Gasteiger partial charge in [-0.15, -0.1) is 0 Å². The van der Waals surface area contributed by atoms with E-state index >= 15 is 0 Å². The number of alkyl carbamates (subject to hydrolysis) is 1. The van der Waals surface area contributed by atoms with Gasteiger partial charge in [0.05, 0.1) is 0 Å². The molecule has 1 amide bonds. The van der Waals surface area contributed by atoms with Gasteiger partial charge in [-0.2, -0.15) is 0 Å². The Morgan fingerprint density at radius 3 is 2.41 bits per heavy atom. The van der Waals surface area contributed by atoms with E-state index in [0.29, 0.717) is 17.6 Å². The number of fused-ring (bicyclic) bond motifs is 1. The van der Waals surface area contributed by atoms with Crippen LogP contribution in [0.5, 0.6) is 5.75 Å². The first-order valence-corrected chi connectivity index (χ1v) is 9.68. The molecule has 2 unspecified atom stereocenters. The number of carbonyl (C=O) groups is 2. The average Bonchev–Trinajstić information content (AvgIpc) is 2.62. The maximum absolute atomic E-state index is 12.8. The number of benzene rings is 1. The Kier molecular flexibility index (Phi) is 6.72. The number of amides is 1. The third kappa shape index (κ3) is 5.59. The summed E-state index contributed by atoms with van der Waals surface area (Å²) in [5.41, 5.74) is 0.588. The van der Waals surface area contributed by atoms with Gasteiger partial charge in [0.15, 0.2) is 0 Å². The Bertz CT molecular complexity index is 970. The van der Waals surface area contributed by atoms with Gasteiger partial charge in [0.2, 0.25) is 0 Å². The molecule has 7 heteroatoms. The van der Waals surface area contributed by atoms with Crippen LogP contribution in [0.1, 0.15) is 52.2 Å². The van der Waals surface area contributed by atoms with Crippen molar-refractivity contribution in [2.75, 3.05) is 0 Å². The molecule has 1 aromatic carbocycles. The highest BCUT2D eigenvalue weighted by atomic mass is 16.6. The standard InChI is InChI=1S/C22H29NO6/c1-8-12(2)18(23-21(26)29-22(5,6)7)20(25)27-15-9-10-16-13(3)14(4)19(24)28-17(16)11-15/h9-12,18H,8H2,1-7H3,(H,23,26). The van der Waals surface area contributed by atoms with E-state index in [9.17, 15) is 14.4 Å². The van der Waals surface area contributed by atoms with Crippen molar-refractivity contribution in [2.45, 2.75) is 66.5 Å². The van der Waals surface area contributed by atoms with Crippen LogP contribution >= 0.6 is 0 Å². The van der Waals surface area contributed by atoms with Crippen LogP contribution in [0, 0.1) is 19.8 Å². The molecule has 0 bridgehead atoms. The summed E-state index contributed by atoms with van der Waals surface area (Å²) < 4.78 is 16.0. The highest BCUT2D eigenvalue weighted by molar-refractivity contribution is 5.86. The number of esters is 1. The summed E-state index contributed by atoms with van der Waals surface area (Å²) in [7, 11) is 0. The first kappa shape index (κ1) is 22.5. The van der Waals surface area contributed by atoms with Gasteiger partial charge in [0.25, 0.3) is 0 Å². The van der Waals surface area contributed by atoms with Crippen LogP contribution in [-0.4, -0.2) is 23.7 Å². The maximum atomic E-state index is 12.8. The van der Waals surface area contributed by atoms with Crippen molar-refractivity contribution in [2.24, 2.45) is 5.92 Å². The Morgan fingerprint density at radius 1 is 1.17 bits per heavy atom. The molecule has 0 spiro atoms. The average molecular weight is 403 g/mol. The molecule has 0 radical (unpaired) electrons. The Morgan fingerprint density at radius 2 is 1.83 bits per heavy atom. The fraction of sp³-hybridized carbons (Fsp3) is 0.500. The summed E-state index contributed by atoms with van der Waals surface area (Å²) in [5, 5.41) is 3.37. The number of nitrogens with one attached hydrogen (secondary N) is 1. The third-order valence-electron chi connectivity index (χ3n) is 4.79. The predicted molar refractivity (Wildman–Crippen MR) is 110 cm³/mol. The quantitative estimate of drug-likeness (QED) is 0.455.